The van der Waals surface area contributed by atoms with Crippen molar-refractivity contribution in [2.24, 2.45) is 0 Å². The highest BCUT2D eigenvalue weighted by molar-refractivity contribution is 5.99. The standard InChI is InChI=1S/C11H9N3O4/c1-18-11(17)7-3-2-6(10(15)16)4-8(7)9-5-12-14-13-9/h2-5H,1H3,(H,15,16)(H,12,13,14). The van der Waals surface area contributed by atoms with Crippen molar-refractivity contribution < 1.29 is 19.4 Å². The molecule has 0 fully saturated rings. The second-order valence-electron chi connectivity index (χ2n) is 3.42. The van der Waals surface area contributed by atoms with Gasteiger partial charge in [0.2, 0.25) is 0 Å². The molecule has 0 saturated carbocycles. The van der Waals surface area contributed by atoms with E-state index in [0.717, 1.165) is 0 Å². The molecule has 0 aliphatic rings. The fourth-order valence-electron chi connectivity index (χ4n) is 1.51. The van der Waals surface area contributed by atoms with E-state index in [2.05, 4.69) is 20.1 Å². The quantitative estimate of drug-likeness (QED) is 0.782. The van der Waals surface area contributed by atoms with E-state index >= 15 is 0 Å². The van der Waals surface area contributed by atoms with Crippen LogP contribution < -0.4 is 0 Å². The molecule has 0 aliphatic heterocycles. The summed E-state index contributed by atoms with van der Waals surface area (Å²) in [5.74, 6) is -1.65. The minimum absolute atomic E-state index is 0.0562. The number of carboxylic acid groups (broad SMARTS) is 1. The molecule has 92 valence electrons. The van der Waals surface area contributed by atoms with Gasteiger partial charge in [0.1, 0.15) is 5.69 Å². The van der Waals surface area contributed by atoms with E-state index < -0.39 is 11.9 Å². The van der Waals surface area contributed by atoms with Crippen molar-refractivity contribution >= 4 is 11.9 Å². The van der Waals surface area contributed by atoms with Gasteiger partial charge in [0.05, 0.1) is 24.4 Å². The smallest absolute Gasteiger partial charge is 0.338 e. The van der Waals surface area contributed by atoms with E-state index in [4.69, 9.17) is 5.11 Å². The number of methoxy groups -OCH3 is 1. The predicted molar refractivity (Wildman–Crippen MR) is 60.1 cm³/mol. The first kappa shape index (κ1) is 11.8. The maximum atomic E-state index is 11.6. The molecule has 0 unspecified atom stereocenters. The number of H-pyrrole nitrogens is 1. The molecule has 0 atom stereocenters. The van der Waals surface area contributed by atoms with Crippen LogP contribution in [0, 0.1) is 0 Å². The molecule has 0 aliphatic carbocycles. The topological polar surface area (TPSA) is 105 Å². The van der Waals surface area contributed by atoms with Crippen LogP contribution in [0.1, 0.15) is 20.7 Å². The third-order valence-electron chi connectivity index (χ3n) is 2.36. The summed E-state index contributed by atoms with van der Waals surface area (Å²) in [7, 11) is 1.25. The monoisotopic (exact) mass is 247 g/mol. The largest absolute Gasteiger partial charge is 0.478 e. The number of carboxylic acids is 1. The molecule has 2 rings (SSSR count). The zero-order chi connectivity index (χ0) is 13.1. The summed E-state index contributed by atoms with van der Waals surface area (Å²) >= 11 is 0. The van der Waals surface area contributed by atoms with Crippen molar-refractivity contribution in [3.63, 3.8) is 0 Å². The fraction of sp³-hybridized carbons (Fsp3) is 0.0909. The number of carbonyl (C=O) groups is 2. The summed E-state index contributed by atoms with van der Waals surface area (Å²) in [6.07, 6.45) is 1.47. The van der Waals surface area contributed by atoms with Crippen LogP contribution in [-0.2, 0) is 4.74 Å². The number of rotatable bonds is 3. The molecule has 7 nitrogen and oxygen atoms in total. The number of hydrogen-bond donors (Lipinski definition) is 2. The third-order valence-corrected chi connectivity index (χ3v) is 2.36. The maximum Gasteiger partial charge on any atom is 0.338 e. The minimum atomic E-state index is -1.09. The summed E-state index contributed by atoms with van der Waals surface area (Å²) in [5.41, 5.74) is 1.02. The second kappa shape index (κ2) is 4.66. The molecule has 7 heteroatoms. The Morgan fingerprint density at radius 1 is 1.39 bits per heavy atom. The molecule has 2 aromatic rings. The van der Waals surface area contributed by atoms with Crippen LogP contribution in [0.3, 0.4) is 0 Å². The molecule has 1 aromatic carbocycles. The Hall–Kier alpha value is -2.70. The van der Waals surface area contributed by atoms with Crippen LogP contribution in [0.5, 0.6) is 0 Å². The molecule has 2 N–H and O–H groups in total. The first-order valence-corrected chi connectivity index (χ1v) is 4.96. The molecule has 0 radical (unpaired) electrons. The zero-order valence-corrected chi connectivity index (χ0v) is 9.38. The predicted octanol–water partition coefficient (Wildman–Crippen LogP) is 0.956. The van der Waals surface area contributed by atoms with Gasteiger partial charge in [-0.05, 0) is 18.2 Å². The Morgan fingerprint density at radius 3 is 2.72 bits per heavy atom. The van der Waals surface area contributed by atoms with Gasteiger partial charge < -0.3 is 9.84 Å². The first-order chi connectivity index (χ1) is 8.63. The molecular formula is C11H9N3O4. The lowest BCUT2D eigenvalue weighted by Crippen LogP contribution is -2.06. The summed E-state index contributed by atoms with van der Waals surface area (Å²) in [4.78, 5) is 22.5. The molecular weight excluding hydrogens is 238 g/mol. The van der Waals surface area contributed by atoms with Crippen LogP contribution in [-0.4, -0.2) is 39.6 Å². The Bertz CT molecular complexity index is 592. The highest BCUT2D eigenvalue weighted by Gasteiger charge is 2.17. The summed E-state index contributed by atoms with van der Waals surface area (Å²) in [6, 6.07) is 4.07. The van der Waals surface area contributed by atoms with Gasteiger partial charge in [0, 0.05) is 5.56 Å². The van der Waals surface area contributed by atoms with Gasteiger partial charge in [-0.3, -0.25) is 5.10 Å². The Kier molecular flexibility index (Phi) is 3.05. The number of hydrogen-bond acceptors (Lipinski definition) is 5. The van der Waals surface area contributed by atoms with E-state index in [1.165, 1.54) is 31.5 Å². The van der Waals surface area contributed by atoms with Crippen molar-refractivity contribution in [3.8, 4) is 11.3 Å². The van der Waals surface area contributed by atoms with Gasteiger partial charge in [-0.2, -0.15) is 0 Å². The summed E-state index contributed by atoms with van der Waals surface area (Å²) in [5, 5.41) is 18.7. The van der Waals surface area contributed by atoms with Crippen molar-refractivity contribution in [1.29, 1.82) is 0 Å². The third kappa shape index (κ3) is 2.05. The number of esters is 1. The van der Waals surface area contributed by atoms with Crippen LogP contribution >= 0.6 is 0 Å². The average molecular weight is 247 g/mol. The lowest BCUT2D eigenvalue weighted by molar-refractivity contribution is 0.0599. The highest BCUT2D eigenvalue weighted by atomic mass is 16.5. The van der Waals surface area contributed by atoms with Crippen molar-refractivity contribution in [1.82, 2.24) is 15.4 Å². The van der Waals surface area contributed by atoms with Crippen LogP contribution in [0.25, 0.3) is 11.3 Å². The van der Waals surface area contributed by atoms with E-state index in [1.807, 2.05) is 0 Å². The minimum Gasteiger partial charge on any atom is -0.478 e. The normalized spacial score (nSPS) is 10.1. The number of ether oxygens (including phenoxy) is 1. The fourth-order valence-corrected chi connectivity index (χ4v) is 1.51. The molecule has 0 bridgehead atoms. The molecule has 0 amide bonds. The Morgan fingerprint density at radius 2 is 2.17 bits per heavy atom. The van der Waals surface area contributed by atoms with Crippen molar-refractivity contribution in [2.75, 3.05) is 7.11 Å². The number of aromatic amines is 1. The van der Waals surface area contributed by atoms with Gasteiger partial charge in [0.15, 0.2) is 0 Å². The van der Waals surface area contributed by atoms with Crippen LogP contribution in [0.15, 0.2) is 24.4 Å². The van der Waals surface area contributed by atoms with Crippen molar-refractivity contribution in [2.45, 2.75) is 0 Å². The summed E-state index contributed by atoms with van der Waals surface area (Å²) < 4.78 is 4.63. The van der Waals surface area contributed by atoms with E-state index in [1.54, 1.807) is 0 Å². The number of carbonyl (C=O) groups excluding carboxylic acids is 1. The summed E-state index contributed by atoms with van der Waals surface area (Å²) in [6.45, 7) is 0. The Balaban J connectivity index is 2.61. The van der Waals surface area contributed by atoms with Gasteiger partial charge in [0.25, 0.3) is 0 Å². The van der Waals surface area contributed by atoms with E-state index in [-0.39, 0.29) is 11.1 Å². The van der Waals surface area contributed by atoms with Gasteiger partial charge in [-0.25, -0.2) is 9.59 Å². The number of aromatic carboxylic acids is 1. The van der Waals surface area contributed by atoms with Crippen molar-refractivity contribution in [3.05, 3.63) is 35.5 Å². The Labute approximate surface area is 101 Å². The molecule has 18 heavy (non-hydrogen) atoms. The van der Waals surface area contributed by atoms with E-state index in [9.17, 15) is 9.59 Å². The maximum absolute atomic E-state index is 11.6. The number of nitrogens with zero attached hydrogens (tertiary/aromatic N) is 2. The highest BCUT2D eigenvalue weighted by Crippen LogP contribution is 2.23. The molecule has 0 spiro atoms. The molecule has 1 aromatic heterocycles. The van der Waals surface area contributed by atoms with E-state index in [0.29, 0.717) is 11.3 Å². The second-order valence-corrected chi connectivity index (χ2v) is 3.42. The lowest BCUT2D eigenvalue weighted by atomic mass is 10.0. The first-order valence-electron chi connectivity index (χ1n) is 4.96. The molecule has 1 heterocycles. The zero-order valence-electron chi connectivity index (χ0n) is 9.38. The number of aromatic nitrogens is 3. The van der Waals surface area contributed by atoms with Gasteiger partial charge in [-0.1, -0.05) is 5.21 Å². The van der Waals surface area contributed by atoms with Gasteiger partial charge in [-0.15, -0.1) is 5.10 Å². The molecule has 0 saturated heterocycles. The van der Waals surface area contributed by atoms with Crippen LogP contribution in [0.4, 0.5) is 0 Å². The van der Waals surface area contributed by atoms with Crippen LogP contribution in [0.2, 0.25) is 0 Å². The lowest BCUT2D eigenvalue weighted by Gasteiger charge is -2.06. The number of nitrogens with one attached hydrogen (secondary N) is 1. The SMILES string of the molecule is COC(=O)c1ccc(C(=O)O)cc1-c1c[nH]nn1. The average Bonchev–Trinajstić information content (AvgIpc) is 2.90. The van der Waals surface area contributed by atoms with Gasteiger partial charge >= 0.3 is 11.9 Å². The number of benzene rings is 1.